The van der Waals surface area contributed by atoms with Crippen LogP contribution in [-0.4, -0.2) is 32.8 Å². The predicted octanol–water partition coefficient (Wildman–Crippen LogP) is 4.36. The van der Waals surface area contributed by atoms with Crippen LogP contribution in [0.15, 0.2) is 47.5 Å². The molecule has 0 amide bonds. The molecule has 0 radical (unpaired) electrons. The normalized spacial score (nSPS) is 10.9. The first-order chi connectivity index (χ1) is 13.5. The van der Waals surface area contributed by atoms with Gasteiger partial charge in [-0.3, -0.25) is 0 Å². The zero-order valence-corrected chi connectivity index (χ0v) is 20.2. The molecule has 160 valence electrons. The lowest BCUT2D eigenvalue weighted by Gasteiger charge is -2.14. The van der Waals surface area contributed by atoms with Gasteiger partial charge in [0.05, 0.1) is 26.9 Å². The Morgan fingerprint density at radius 2 is 1.72 bits per heavy atom. The molecule has 0 aliphatic carbocycles. The Morgan fingerprint density at radius 1 is 0.966 bits per heavy atom. The quantitative estimate of drug-likeness (QED) is 0.297. The number of halogens is 1. The first-order valence-corrected chi connectivity index (χ1v) is 9.54. The summed E-state index contributed by atoms with van der Waals surface area (Å²) in [5, 5.41) is 6.63. The van der Waals surface area contributed by atoms with Crippen LogP contribution in [0.5, 0.6) is 17.2 Å². The zero-order chi connectivity index (χ0) is 20.4. The van der Waals surface area contributed by atoms with Gasteiger partial charge in [0.1, 0.15) is 5.75 Å². The number of methoxy groups -OCH3 is 2. The van der Waals surface area contributed by atoms with Gasteiger partial charge in [-0.15, -0.1) is 24.0 Å². The number of nitrogens with zero attached hydrogens (tertiary/aromatic N) is 1. The van der Waals surface area contributed by atoms with Crippen LogP contribution in [0.2, 0.25) is 0 Å². The minimum Gasteiger partial charge on any atom is -0.493 e. The third-order valence-corrected chi connectivity index (χ3v) is 3.94. The molecule has 0 spiro atoms. The van der Waals surface area contributed by atoms with Crippen molar-refractivity contribution in [1.82, 2.24) is 10.6 Å². The van der Waals surface area contributed by atoms with Gasteiger partial charge in [-0.25, -0.2) is 4.99 Å². The smallest absolute Gasteiger partial charge is 0.191 e. The van der Waals surface area contributed by atoms with E-state index >= 15 is 0 Å². The molecule has 0 saturated carbocycles. The average Bonchev–Trinajstić information content (AvgIpc) is 2.69. The molecule has 0 bridgehead atoms. The summed E-state index contributed by atoms with van der Waals surface area (Å²) in [5.41, 5.74) is 2.18. The Morgan fingerprint density at radius 3 is 2.38 bits per heavy atom. The molecule has 0 atom stereocenters. The predicted molar refractivity (Wildman–Crippen MR) is 129 cm³/mol. The number of rotatable bonds is 9. The molecule has 2 aromatic rings. The highest BCUT2D eigenvalue weighted by Gasteiger charge is 2.06. The maximum atomic E-state index is 5.75. The number of guanidine groups is 1. The number of ether oxygens (including phenoxy) is 3. The average molecular weight is 513 g/mol. The van der Waals surface area contributed by atoms with Gasteiger partial charge in [-0.1, -0.05) is 18.2 Å². The van der Waals surface area contributed by atoms with E-state index in [4.69, 9.17) is 14.2 Å². The summed E-state index contributed by atoms with van der Waals surface area (Å²) in [4.78, 5) is 4.68. The maximum absolute atomic E-state index is 5.75. The van der Waals surface area contributed by atoms with Crippen molar-refractivity contribution in [3.63, 3.8) is 0 Å². The molecule has 0 aliphatic heterocycles. The topological polar surface area (TPSA) is 64.1 Å². The second-order valence-corrected chi connectivity index (χ2v) is 6.55. The number of aliphatic imine (C=N–C) groups is 1. The summed E-state index contributed by atoms with van der Waals surface area (Å²) in [6, 6.07) is 13.9. The van der Waals surface area contributed by atoms with E-state index in [1.165, 1.54) is 0 Å². The Balaban J connectivity index is 0.00000420. The molecule has 0 aromatic heterocycles. The Kier molecular flexibility index (Phi) is 11.3. The Hall–Kier alpha value is -2.16. The van der Waals surface area contributed by atoms with E-state index in [9.17, 15) is 0 Å². The van der Waals surface area contributed by atoms with Crippen LogP contribution in [0.4, 0.5) is 0 Å². The van der Waals surface area contributed by atoms with E-state index in [1.54, 1.807) is 14.2 Å². The summed E-state index contributed by atoms with van der Waals surface area (Å²) in [5.74, 6) is 3.06. The van der Waals surface area contributed by atoms with Crippen molar-refractivity contribution in [2.24, 2.45) is 4.99 Å². The number of benzene rings is 2. The van der Waals surface area contributed by atoms with Crippen LogP contribution < -0.4 is 24.8 Å². The van der Waals surface area contributed by atoms with Crippen molar-refractivity contribution in [3.05, 3.63) is 53.6 Å². The number of hydrogen-bond acceptors (Lipinski definition) is 4. The fourth-order valence-electron chi connectivity index (χ4n) is 2.68. The molecule has 2 N–H and O–H groups in total. The van der Waals surface area contributed by atoms with Gasteiger partial charge in [0, 0.05) is 13.1 Å². The fourth-order valence-corrected chi connectivity index (χ4v) is 2.68. The van der Waals surface area contributed by atoms with E-state index in [0.717, 1.165) is 35.1 Å². The van der Waals surface area contributed by atoms with Crippen LogP contribution in [0, 0.1) is 0 Å². The summed E-state index contributed by atoms with van der Waals surface area (Å²) in [7, 11) is 3.27. The van der Waals surface area contributed by atoms with Crippen molar-refractivity contribution in [2.75, 3.05) is 20.8 Å². The molecule has 0 aliphatic rings. The van der Waals surface area contributed by atoms with Crippen LogP contribution in [0.1, 0.15) is 31.9 Å². The first-order valence-electron chi connectivity index (χ1n) is 9.54. The molecule has 2 rings (SSSR count). The van der Waals surface area contributed by atoms with Crippen molar-refractivity contribution < 1.29 is 14.2 Å². The number of nitrogens with one attached hydrogen (secondary N) is 2. The zero-order valence-electron chi connectivity index (χ0n) is 17.8. The molecule has 0 saturated heterocycles. The van der Waals surface area contributed by atoms with Crippen LogP contribution >= 0.6 is 24.0 Å². The molecule has 0 heterocycles. The van der Waals surface area contributed by atoms with Gasteiger partial charge in [0.25, 0.3) is 0 Å². The summed E-state index contributed by atoms with van der Waals surface area (Å²) in [6.45, 7) is 8.07. The van der Waals surface area contributed by atoms with Gasteiger partial charge in [-0.2, -0.15) is 0 Å². The maximum Gasteiger partial charge on any atom is 0.191 e. The van der Waals surface area contributed by atoms with Gasteiger partial charge in [0.2, 0.25) is 0 Å². The summed E-state index contributed by atoms with van der Waals surface area (Å²) >= 11 is 0. The highest BCUT2D eigenvalue weighted by molar-refractivity contribution is 14.0. The second-order valence-electron chi connectivity index (χ2n) is 6.55. The van der Waals surface area contributed by atoms with Crippen molar-refractivity contribution >= 4 is 29.9 Å². The molecular weight excluding hydrogens is 481 g/mol. The molecule has 29 heavy (non-hydrogen) atoms. The molecule has 0 unspecified atom stereocenters. The number of hydrogen-bond donors (Lipinski definition) is 2. The van der Waals surface area contributed by atoms with E-state index in [2.05, 4.69) is 21.7 Å². The molecule has 2 aromatic carbocycles. The lowest BCUT2D eigenvalue weighted by atomic mass is 10.2. The monoisotopic (exact) mass is 513 g/mol. The first kappa shape index (κ1) is 24.9. The highest BCUT2D eigenvalue weighted by atomic mass is 127. The third kappa shape index (κ3) is 8.39. The van der Waals surface area contributed by atoms with Crippen molar-refractivity contribution in [3.8, 4) is 17.2 Å². The van der Waals surface area contributed by atoms with Gasteiger partial charge >= 0.3 is 0 Å². The van der Waals surface area contributed by atoms with E-state index in [1.807, 2.05) is 57.2 Å². The van der Waals surface area contributed by atoms with Crippen molar-refractivity contribution in [2.45, 2.75) is 40.0 Å². The second kappa shape index (κ2) is 13.1. The highest BCUT2D eigenvalue weighted by Crippen LogP contribution is 2.27. The van der Waals surface area contributed by atoms with E-state index in [-0.39, 0.29) is 30.1 Å². The van der Waals surface area contributed by atoms with Crippen molar-refractivity contribution in [1.29, 1.82) is 0 Å². The molecular formula is C22H32IN3O3. The van der Waals surface area contributed by atoms with E-state index < -0.39 is 0 Å². The SMILES string of the molecule is CCNC(=NCc1cccc(OC(C)C)c1)NCc1ccc(OC)c(OC)c1.I. The molecule has 7 heteroatoms. The van der Waals surface area contributed by atoms with Gasteiger partial charge < -0.3 is 24.8 Å². The van der Waals surface area contributed by atoms with E-state index in [0.29, 0.717) is 18.8 Å². The largest absolute Gasteiger partial charge is 0.493 e. The Bertz CT molecular complexity index is 782. The minimum absolute atomic E-state index is 0. The van der Waals surface area contributed by atoms with Crippen LogP contribution in [0.3, 0.4) is 0 Å². The molecule has 0 fully saturated rings. The lowest BCUT2D eigenvalue weighted by molar-refractivity contribution is 0.242. The fraction of sp³-hybridized carbons (Fsp3) is 0.409. The van der Waals surface area contributed by atoms with Gasteiger partial charge in [-0.05, 0) is 56.2 Å². The minimum atomic E-state index is 0. The Labute approximate surface area is 191 Å². The van der Waals surface area contributed by atoms with Crippen LogP contribution in [0.25, 0.3) is 0 Å². The van der Waals surface area contributed by atoms with Crippen LogP contribution in [-0.2, 0) is 13.1 Å². The summed E-state index contributed by atoms with van der Waals surface area (Å²) in [6.07, 6.45) is 0.152. The third-order valence-electron chi connectivity index (χ3n) is 3.94. The summed E-state index contributed by atoms with van der Waals surface area (Å²) < 4.78 is 16.4. The lowest BCUT2D eigenvalue weighted by Crippen LogP contribution is -2.36. The van der Waals surface area contributed by atoms with Gasteiger partial charge in [0.15, 0.2) is 17.5 Å². The molecule has 6 nitrogen and oxygen atoms in total. The standard InChI is InChI=1S/C22H31N3O3.HI/c1-6-23-22(24-14-17-8-7-9-19(12-17)28-16(2)3)25-15-18-10-11-20(26-4)21(13-18)27-5;/h7-13,16H,6,14-15H2,1-5H3,(H2,23,24,25);1H.